The quantitative estimate of drug-likeness (QED) is 0.567. The normalized spacial score (nSPS) is 12.1. The lowest BCUT2D eigenvalue weighted by Crippen LogP contribution is -2.33. The van der Waals surface area contributed by atoms with Crippen molar-refractivity contribution >= 4 is 16.9 Å². The number of ether oxygens (including phenoxy) is 1. The van der Waals surface area contributed by atoms with E-state index in [9.17, 15) is 20.2 Å². The Morgan fingerprint density at radius 1 is 1.17 bits per heavy atom. The van der Waals surface area contributed by atoms with Gasteiger partial charge in [0.1, 0.15) is 5.75 Å². The number of carbonyl (C=O) groups is 1. The third kappa shape index (κ3) is 2.63. The zero-order valence-corrected chi connectivity index (χ0v) is 12.8. The van der Waals surface area contributed by atoms with Gasteiger partial charge < -0.3 is 20.2 Å². The van der Waals surface area contributed by atoms with Crippen LogP contribution in [0.4, 0.5) is 0 Å². The van der Waals surface area contributed by atoms with Gasteiger partial charge in [-0.25, -0.2) is 4.79 Å². The van der Waals surface area contributed by atoms with Gasteiger partial charge in [-0.05, 0) is 36.4 Å². The molecule has 6 heteroatoms. The molecule has 1 atom stereocenters. The fraction of sp³-hybridized carbons (Fsp3) is 0.111. The Balaban J connectivity index is 2.31. The zero-order chi connectivity index (χ0) is 17.3. The van der Waals surface area contributed by atoms with Crippen LogP contribution in [-0.4, -0.2) is 23.3 Å². The van der Waals surface area contributed by atoms with Crippen LogP contribution in [0.5, 0.6) is 5.75 Å². The van der Waals surface area contributed by atoms with Gasteiger partial charge in [0.25, 0.3) is 0 Å². The van der Waals surface area contributed by atoms with Crippen LogP contribution in [0.15, 0.2) is 54.6 Å². The van der Waals surface area contributed by atoms with Gasteiger partial charge in [0.2, 0.25) is 11.2 Å². The minimum atomic E-state index is -1.80. The van der Waals surface area contributed by atoms with Gasteiger partial charge in [-0.15, -0.1) is 0 Å². The Kier molecular flexibility index (Phi) is 4.05. The molecule has 122 valence electrons. The summed E-state index contributed by atoms with van der Waals surface area (Å²) in [6.45, 7) is 0. The van der Waals surface area contributed by atoms with E-state index in [1.807, 2.05) is 0 Å². The van der Waals surface area contributed by atoms with E-state index >= 15 is 0 Å². The number of nitrogens with zero attached hydrogens (tertiary/aromatic N) is 1. The van der Waals surface area contributed by atoms with E-state index in [1.165, 1.54) is 13.2 Å². The van der Waals surface area contributed by atoms with Crippen molar-refractivity contribution in [1.82, 2.24) is 0 Å². The third-order valence-electron chi connectivity index (χ3n) is 3.84. The van der Waals surface area contributed by atoms with Gasteiger partial charge >= 0.3 is 5.97 Å². The number of hydrogen-bond acceptors (Lipinski definition) is 4. The molecule has 3 aromatic rings. The number of methoxy groups -OCH3 is 1. The second kappa shape index (κ2) is 6.17. The molecule has 1 heterocycles. The number of benzene rings is 2. The average molecular weight is 325 g/mol. The molecule has 3 rings (SSSR count). The number of pyridine rings is 1. The topological polar surface area (TPSA) is 93.7 Å². The van der Waals surface area contributed by atoms with E-state index in [4.69, 9.17) is 4.74 Å². The van der Waals surface area contributed by atoms with E-state index in [-0.39, 0.29) is 11.3 Å². The van der Waals surface area contributed by atoms with Crippen molar-refractivity contribution in [3.05, 3.63) is 65.4 Å². The van der Waals surface area contributed by atoms with E-state index in [0.29, 0.717) is 26.9 Å². The Morgan fingerprint density at radius 2 is 1.83 bits per heavy atom. The Hall–Kier alpha value is -3.12. The Labute approximate surface area is 137 Å². The van der Waals surface area contributed by atoms with Gasteiger partial charge in [-0.3, -0.25) is 0 Å². The molecule has 1 aromatic heterocycles. The summed E-state index contributed by atoms with van der Waals surface area (Å²) in [4.78, 5) is 11.2. The van der Waals surface area contributed by atoms with Gasteiger partial charge in [-0.2, -0.15) is 4.73 Å². The average Bonchev–Trinajstić information content (AvgIpc) is 2.61. The standard InChI is InChI=1S/C18H15NO5/c1-24-13-8-6-11(7-9-13)16-14(17(20)18(21)22)10-12-4-2-3-5-15(12)19(16)23/h2-10,17,20H,1H3,(H,21,22). The van der Waals surface area contributed by atoms with Gasteiger partial charge in [0.15, 0.2) is 6.10 Å². The van der Waals surface area contributed by atoms with Crippen LogP contribution in [0.1, 0.15) is 11.7 Å². The van der Waals surface area contributed by atoms with Gasteiger partial charge in [-0.1, -0.05) is 12.1 Å². The molecule has 0 saturated carbocycles. The fourth-order valence-corrected chi connectivity index (χ4v) is 2.64. The molecular weight excluding hydrogens is 310 g/mol. The highest BCUT2D eigenvalue weighted by Crippen LogP contribution is 2.30. The lowest BCUT2D eigenvalue weighted by molar-refractivity contribution is -0.565. The van der Waals surface area contributed by atoms with Crippen LogP contribution in [0.3, 0.4) is 0 Å². The number of hydrogen-bond donors (Lipinski definition) is 2. The molecule has 0 aliphatic rings. The number of para-hydroxylation sites is 1. The maximum absolute atomic E-state index is 12.8. The predicted molar refractivity (Wildman–Crippen MR) is 87.5 cm³/mol. The van der Waals surface area contributed by atoms with Crippen LogP contribution in [-0.2, 0) is 4.79 Å². The number of aliphatic hydroxyl groups is 1. The Morgan fingerprint density at radius 3 is 2.46 bits per heavy atom. The fourth-order valence-electron chi connectivity index (χ4n) is 2.64. The lowest BCUT2D eigenvalue weighted by Gasteiger charge is -2.15. The molecule has 0 spiro atoms. The van der Waals surface area contributed by atoms with E-state index in [0.717, 1.165) is 0 Å². The van der Waals surface area contributed by atoms with E-state index in [2.05, 4.69) is 0 Å². The van der Waals surface area contributed by atoms with Crippen LogP contribution in [0.2, 0.25) is 0 Å². The van der Waals surface area contributed by atoms with Crippen molar-refractivity contribution in [3.63, 3.8) is 0 Å². The summed E-state index contributed by atoms with van der Waals surface area (Å²) in [5.74, 6) is -0.808. The highest BCUT2D eigenvalue weighted by atomic mass is 16.5. The molecule has 0 amide bonds. The first-order chi connectivity index (χ1) is 11.5. The molecule has 0 fully saturated rings. The first-order valence-corrected chi connectivity index (χ1v) is 7.23. The summed E-state index contributed by atoms with van der Waals surface area (Å²) in [5.41, 5.74) is 1.03. The molecule has 0 radical (unpaired) electrons. The molecule has 1 unspecified atom stereocenters. The monoisotopic (exact) mass is 325 g/mol. The maximum Gasteiger partial charge on any atom is 0.337 e. The summed E-state index contributed by atoms with van der Waals surface area (Å²) >= 11 is 0. The van der Waals surface area contributed by atoms with Crippen molar-refractivity contribution < 1.29 is 24.5 Å². The molecule has 2 aromatic carbocycles. The van der Waals surface area contributed by atoms with Crippen molar-refractivity contribution in [2.75, 3.05) is 7.11 Å². The van der Waals surface area contributed by atoms with Crippen molar-refractivity contribution in [3.8, 4) is 17.0 Å². The zero-order valence-electron chi connectivity index (χ0n) is 12.8. The second-order valence-corrected chi connectivity index (χ2v) is 5.27. The predicted octanol–water partition coefficient (Wildman–Crippen LogP) is 2.27. The number of carboxylic acid groups (broad SMARTS) is 1. The number of aliphatic carboxylic acids is 1. The van der Waals surface area contributed by atoms with Crippen LogP contribution >= 0.6 is 0 Å². The summed E-state index contributed by atoms with van der Waals surface area (Å²) < 4.78 is 5.74. The number of carboxylic acids is 1. The highest BCUT2D eigenvalue weighted by Gasteiger charge is 2.28. The summed E-state index contributed by atoms with van der Waals surface area (Å²) in [5, 5.41) is 32.6. The second-order valence-electron chi connectivity index (χ2n) is 5.27. The third-order valence-corrected chi connectivity index (χ3v) is 3.84. The molecule has 2 N–H and O–H groups in total. The molecular formula is C18H15NO5. The molecule has 0 bridgehead atoms. The Bertz CT molecular complexity index is 905. The summed E-state index contributed by atoms with van der Waals surface area (Å²) in [7, 11) is 1.53. The smallest absolute Gasteiger partial charge is 0.337 e. The molecule has 24 heavy (non-hydrogen) atoms. The van der Waals surface area contributed by atoms with Crippen LogP contribution < -0.4 is 9.47 Å². The van der Waals surface area contributed by atoms with Crippen molar-refractivity contribution in [2.24, 2.45) is 0 Å². The van der Waals surface area contributed by atoms with Crippen molar-refractivity contribution in [1.29, 1.82) is 0 Å². The van der Waals surface area contributed by atoms with Crippen LogP contribution in [0.25, 0.3) is 22.2 Å². The number of rotatable bonds is 4. The lowest BCUT2D eigenvalue weighted by atomic mass is 9.99. The first-order valence-electron chi connectivity index (χ1n) is 7.23. The van der Waals surface area contributed by atoms with E-state index < -0.39 is 12.1 Å². The van der Waals surface area contributed by atoms with Gasteiger partial charge in [0, 0.05) is 17.0 Å². The van der Waals surface area contributed by atoms with E-state index in [1.54, 1.807) is 48.5 Å². The first kappa shape index (κ1) is 15.8. The SMILES string of the molecule is COc1ccc(-c2c(C(O)C(=O)O)cc3ccccc3[n+]2[O-])cc1. The molecule has 0 aliphatic heterocycles. The minimum absolute atomic E-state index is 0.0429. The van der Waals surface area contributed by atoms with Crippen molar-refractivity contribution in [2.45, 2.75) is 6.10 Å². The summed E-state index contributed by atoms with van der Waals surface area (Å²) in [6, 6.07) is 15.0. The molecule has 0 saturated heterocycles. The number of aliphatic hydroxyl groups excluding tert-OH is 1. The minimum Gasteiger partial charge on any atom is -0.618 e. The number of fused-ring (bicyclic) bond motifs is 1. The molecule has 0 aliphatic carbocycles. The highest BCUT2D eigenvalue weighted by molar-refractivity contribution is 5.84. The maximum atomic E-state index is 12.8. The molecule has 6 nitrogen and oxygen atoms in total. The van der Waals surface area contributed by atoms with Gasteiger partial charge in [0.05, 0.1) is 12.7 Å². The summed E-state index contributed by atoms with van der Waals surface area (Å²) in [6.07, 6.45) is -1.80. The number of aromatic nitrogens is 1. The largest absolute Gasteiger partial charge is 0.618 e. The van der Waals surface area contributed by atoms with Crippen LogP contribution in [0, 0.1) is 5.21 Å².